The second kappa shape index (κ2) is 5.35. The number of hydrogen-bond acceptors (Lipinski definition) is 3. The molecule has 100 valence electrons. The van der Waals surface area contributed by atoms with Gasteiger partial charge in [-0.1, -0.05) is 29.3 Å². The fraction of sp³-hybridized carbons (Fsp3) is 0.455. The van der Waals surface area contributed by atoms with Gasteiger partial charge in [-0.05, 0) is 19.1 Å². The minimum Gasteiger partial charge on any atom is -0.312 e. The Kier molecular flexibility index (Phi) is 4.18. The van der Waals surface area contributed by atoms with Gasteiger partial charge in [0.2, 0.25) is 10.0 Å². The van der Waals surface area contributed by atoms with E-state index in [0.29, 0.717) is 19.6 Å². The number of sulfonamides is 1. The van der Waals surface area contributed by atoms with Gasteiger partial charge < -0.3 is 5.32 Å². The highest BCUT2D eigenvalue weighted by Gasteiger charge is 2.31. The summed E-state index contributed by atoms with van der Waals surface area (Å²) in [5.41, 5.74) is 0. The highest BCUT2D eigenvalue weighted by atomic mass is 35.5. The molecule has 1 unspecified atom stereocenters. The smallest absolute Gasteiger partial charge is 0.246 e. The summed E-state index contributed by atoms with van der Waals surface area (Å²) in [7, 11) is -3.63. The molecule has 0 aromatic heterocycles. The zero-order valence-electron chi connectivity index (χ0n) is 9.86. The Balaban J connectivity index is 2.42. The monoisotopic (exact) mass is 308 g/mol. The second-order valence-corrected chi connectivity index (χ2v) is 6.96. The molecule has 2 rings (SSSR count). The maximum absolute atomic E-state index is 12.5. The van der Waals surface area contributed by atoms with Crippen LogP contribution in [-0.2, 0) is 10.0 Å². The largest absolute Gasteiger partial charge is 0.312 e. The van der Waals surface area contributed by atoms with E-state index in [-0.39, 0.29) is 21.0 Å². The molecule has 1 atom stereocenters. The van der Waals surface area contributed by atoms with Crippen molar-refractivity contribution >= 4 is 33.2 Å². The Morgan fingerprint density at radius 2 is 1.94 bits per heavy atom. The Morgan fingerprint density at radius 1 is 1.33 bits per heavy atom. The molecule has 0 spiro atoms. The third kappa shape index (κ3) is 2.65. The van der Waals surface area contributed by atoms with Gasteiger partial charge in [0.05, 0.1) is 10.0 Å². The zero-order chi connectivity index (χ0) is 13.3. The molecule has 7 heteroatoms. The van der Waals surface area contributed by atoms with Crippen molar-refractivity contribution in [2.75, 3.05) is 19.6 Å². The molecule has 0 bridgehead atoms. The molecule has 0 amide bonds. The number of nitrogens with zero attached hydrogens (tertiary/aromatic N) is 1. The fourth-order valence-electron chi connectivity index (χ4n) is 1.97. The molecular weight excluding hydrogens is 295 g/mol. The second-order valence-electron chi connectivity index (χ2n) is 4.27. The molecule has 1 N–H and O–H groups in total. The van der Waals surface area contributed by atoms with Crippen molar-refractivity contribution in [3.05, 3.63) is 28.2 Å². The maximum Gasteiger partial charge on any atom is 0.246 e. The van der Waals surface area contributed by atoms with Gasteiger partial charge in [0, 0.05) is 25.7 Å². The van der Waals surface area contributed by atoms with Crippen molar-refractivity contribution in [1.82, 2.24) is 9.62 Å². The Labute approximate surface area is 117 Å². The van der Waals surface area contributed by atoms with Crippen molar-refractivity contribution in [1.29, 1.82) is 0 Å². The molecular formula is C11H14Cl2N2O2S. The minimum absolute atomic E-state index is 0.00225. The summed E-state index contributed by atoms with van der Waals surface area (Å²) in [6.45, 7) is 3.41. The van der Waals surface area contributed by atoms with Crippen LogP contribution in [0.15, 0.2) is 23.1 Å². The Morgan fingerprint density at radius 3 is 2.50 bits per heavy atom. The average Bonchev–Trinajstić information content (AvgIpc) is 2.28. The molecule has 1 aliphatic rings. The van der Waals surface area contributed by atoms with E-state index in [2.05, 4.69) is 5.32 Å². The summed E-state index contributed by atoms with van der Waals surface area (Å²) in [6.07, 6.45) is 0. The molecule has 0 saturated carbocycles. The number of nitrogens with one attached hydrogen (secondary N) is 1. The first kappa shape index (κ1) is 14.1. The normalized spacial score (nSPS) is 22.1. The van der Waals surface area contributed by atoms with Crippen LogP contribution in [0.3, 0.4) is 0 Å². The molecule has 1 aliphatic heterocycles. The number of hydrogen-bond donors (Lipinski definition) is 1. The first-order chi connectivity index (χ1) is 8.43. The van der Waals surface area contributed by atoms with E-state index in [1.165, 1.54) is 16.4 Å². The summed E-state index contributed by atoms with van der Waals surface area (Å²) in [6, 6.07) is 4.82. The molecule has 1 aromatic carbocycles. The molecule has 0 aliphatic carbocycles. The van der Waals surface area contributed by atoms with E-state index in [1.54, 1.807) is 6.07 Å². The lowest BCUT2D eigenvalue weighted by Gasteiger charge is -2.31. The van der Waals surface area contributed by atoms with E-state index in [0.717, 1.165) is 0 Å². The summed E-state index contributed by atoms with van der Waals surface area (Å²) in [5.74, 6) is 0. The van der Waals surface area contributed by atoms with E-state index in [1.807, 2.05) is 6.92 Å². The van der Waals surface area contributed by atoms with Crippen LogP contribution < -0.4 is 5.32 Å². The number of benzene rings is 1. The van der Waals surface area contributed by atoms with Crippen LogP contribution in [0.1, 0.15) is 6.92 Å². The Hall–Kier alpha value is -0.330. The summed E-state index contributed by atoms with van der Waals surface area (Å²) >= 11 is 11.9. The first-order valence-corrected chi connectivity index (χ1v) is 7.80. The van der Waals surface area contributed by atoms with Crippen LogP contribution in [0.2, 0.25) is 10.0 Å². The SMILES string of the molecule is CC1CN(S(=O)(=O)c2c(Cl)cccc2Cl)CCN1. The van der Waals surface area contributed by atoms with Crippen molar-refractivity contribution in [3.63, 3.8) is 0 Å². The van der Waals surface area contributed by atoms with E-state index >= 15 is 0 Å². The highest BCUT2D eigenvalue weighted by molar-refractivity contribution is 7.89. The van der Waals surface area contributed by atoms with Crippen LogP contribution in [0.4, 0.5) is 0 Å². The maximum atomic E-state index is 12.5. The fourth-order valence-corrected chi connectivity index (χ4v) is 4.59. The van der Waals surface area contributed by atoms with E-state index in [4.69, 9.17) is 23.2 Å². The van der Waals surface area contributed by atoms with Gasteiger partial charge in [-0.25, -0.2) is 8.42 Å². The predicted molar refractivity (Wildman–Crippen MR) is 72.7 cm³/mol. The van der Waals surface area contributed by atoms with Gasteiger partial charge in [0.1, 0.15) is 4.90 Å². The highest BCUT2D eigenvalue weighted by Crippen LogP contribution is 2.31. The van der Waals surface area contributed by atoms with E-state index < -0.39 is 10.0 Å². The van der Waals surface area contributed by atoms with Gasteiger partial charge in [-0.3, -0.25) is 0 Å². The van der Waals surface area contributed by atoms with Gasteiger partial charge in [-0.15, -0.1) is 0 Å². The van der Waals surface area contributed by atoms with Crippen molar-refractivity contribution in [3.8, 4) is 0 Å². The van der Waals surface area contributed by atoms with Crippen LogP contribution >= 0.6 is 23.2 Å². The molecule has 18 heavy (non-hydrogen) atoms. The standard InChI is InChI=1S/C11H14Cl2N2O2S/c1-8-7-15(6-5-14-8)18(16,17)11-9(12)3-2-4-10(11)13/h2-4,8,14H,5-7H2,1H3. The van der Waals surface area contributed by atoms with Gasteiger partial charge in [-0.2, -0.15) is 4.31 Å². The molecule has 1 fully saturated rings. The molecule has 1 saturated heterocycles. The quantitative estimate of drug-likeness (QED) is 0.909. The predicted octanol–water partition coefficient (Wildman–Crippen LogP) is 1.98. The lowest BCUT2D eigenvalue weighted by molar-refractivity contribution is 0.310. The summed E-state index contributed by atoms with van der Waals surface area (Å²) < 4.78 is 26.4. The minimum atomic E-state index is -3.63. The molecule has 1 aromatic rings. The summed E-state index contributed by atoms with van der Waals surface area (Å²) in [5, 5.41) is 3.51. The zero-order valence-corrected chi connectivity index (χ0v) is 12.2. The van der Waals surface area contributed by atoms with Crippen molar-refractivity contribution in [2.45, 2.75) is 17.9 Å². The van der Waals surface area contributed by atoms with Crippen LogP contribution in [-0.4, -0.2) is 38.4 Å². The van der Waals surface area contributed by atoms with Crippen molar-refractivity contribution in [2.24, 2.45) is 0 Å². The summed E-state index contributed by atoms with van der Waals surface area (Å²) in [4.78, 5) is 0.00225. The lowest BCUT2D eigenvalue weighted by atomic mass is 10.3. The Bertz CT molecular complexity index is 528. The van der Waals surface area contributed by atoms with Gasteiger partial charge >= 0.3 is 0 Å². The van der Waals surface area contributed by atoms with Crippen molar-refractivity contribution < 1.29 is 8.42 Å². The third-order valence-electron chi connectivity index (χ3n) is 2.85. The molecule has 0 radical (unpaired) electrons. The number of piperazine rings is 1. The number of rotatable bonds is 2. The topological polar surface area (TPSA) is 49.4 Å². The van der Waals surface area contributed by atoms with Gasteiger partial charge in [0.15, 0.2) is 0 Å². The van der Waals surface area contributed by atoms with Crippen LogP contribution in [0.5, 0.6) is 0 Å². The third-order valence-corrected chi connectivity index (χ3v) is 5.67. The molecule has 1 heterocycles. The van der Waals surface area contributed by atoms with Gasteiger partial charge in [0.25, 0.3) is 0 Å². The number of halogens is 2. The molecule has 4 nitrogen and oxygen atoms in total. The lowest BCUT2D eigenvalue weighted by Crippen LogP contribution is -2.51. The first-order valence-electron chi connectivity index (χ1n) is 5.60. The average molecular weight is 309 g/mol. The van der Waals surface area contributed by atoms with E-state index in [9.17, 15) is 8.42 Å². The van der Waals surface area contributed by atoms with Crippen LogP contribution in [0, 0.1) is 0 Å². The van der Waals surface area contributed by atoms with Crippen LogP contribution in [0.25, 0.3) is 0 Å².